The Kier molecular flexibility index (Phi) is 3.31. The van der Waals surface area contributed by atoms with E-state index in [0.717, 1.165) is 33.6 Å². The molecular weight excluding hydrogens is 326 g/mol. The molecule has 0 bridgehead atoms. The molecular formula is C20H13N5O. The van der Waals surface area contributed by atoms with Gasteiger partial charge >= 0.3 is 0 Å². The molecule has 0 aliphatic rings. The maximum absolute atomic E-state index is 5.43. The van der Waals surface area contributed by atoms with Gasteiger partial charge in [0.1, 0.15) is 11.3 Å². The van der Waals surface area contributed by atoms with Gasteiger partial charge in [-0.25, -0.2) is 14.6 Å². The molecule has 5 rings (SSSR count). The molecule has 5 aromatic rings. The van der Waals surface area contributed by atoms with E-state index in [9.17, 15) is 0 Å². The largest absolute Gasteiger partial charge is 0.464 e. The van der Waals surface area contributed by atoms with Gasteiger partial charge in [0.05, 0.1) is 23.7 Å². The number of benzene rings is 1. The maximum Gasteiger partial charge on any atom is 0.251 e. The second-order valence-electron chi connectivity index (χ2n) is 5.79. The summed E-state index contributed by atoms with van der Waals surface area (Å²) in [5.41, 5.74) is 4.25. The van der Waals surface area contributed by atoms with Crippen molar-refractivity contribution in [3.05, 3.63) is 79.5 Å². The van der Waals surface area contributed by atoms with Crippen LogP contribution in [0.2, 0.25) is 0 Å². The lowest BCUT2D eigenvalue weighted by atomic mass is 10.2. The highest BCUT2D eigenvalue weighted by Gasteiger charge is 2.09. The topological polar surface area (TPSA) is 69.6 Å². The summed E-state index contributed by atoms with van der Waals surface area (Å²) in [5.74, 6) is 1.25. The second kappa shape index (κ2) is 5.93. The highest BCUT2D eigenvalue weighted by Crippen LogP contribution is 2.22. The van der Waals surface area contributed by atoms with Crippen LogP contribution in [0.1, 0.15) is 0 Å². The van der Waals surface area contributed by atoms with Gasteiger partial charge < -0.3 is 4.42 Å². The van der Waals surface area contributed by atoms with E-state index in [1.807, 2.05) is 60.8 Å². The van der Waals surface area contributed by atoms with Crippen LogP contribution in [0, 0.1) is 0 Å². The lowest BCUT2D eigenvalue weighted by molar-refractivity contribution is 0.582. The van der Waals surface area contributed by atoms with Crippen LogP contribution in [0.4, 0.5) is 0 Å². The van der Waals surface area contributed by atoms with Crippen molar-refractivity contribution in [1.29, 1.82) is 0 Å². The Balaban J connectivity index is 1.56. The van der Waals surface area contributed by atoms with E-state index in [4.69, 9.17) is 4.42 Å². The third-order valence-corrected chi connectivity index (χ3v) is 4.09. The summed E-state index contributed by atoms with van der Waals surface area (Å²) in [6, 6.07) is 17.6. The van der Waals surface area contributed by atoms with Gasteiger partial charge in [-0.3, -0.25) is 4.98 Å². The SMILES string of the molecule is c1ccc(-c2ccn(-c3ncc4ncc(-c5ccco5)cc4n3)n2)cc1. The Morgan fingerprint density at radius 1 is 0.808 bits per heavy atom. The Bertz CT molecular complexity index is 1180. The Hall–Kier alpha value is -3.80. The van der Waals surface area contributed by atoms with Crippen LogP contribution < -0.4 is 0 Å². The third-order valence-electron chi connectivity index (χ3n) is 4.09. The van der Waals surface area contributed by atoms with Crippen LogP contribution in [0.25, 0.3) is 39.6 Å². The summed E-state index contributed by atoms with van der Waals surface area (Å²) in [4.78, 5) is 13.4. The lowest BCUT2D eigenvalue weighted by Crippen LogP contribution is -2.02. The van der Waals surface area contributed by atoms with Crippen molar-refractivity contribution in [3.63, 3.8) is 0 Å². The molecule has 0 unspecified atom stereocenters. The first-order chi connectivity index (χ1) is 12.9. The fourth-order valence-electron chi connectivity index (χ4n) is 2.79. The number of aromatic nitrogens is 5. The molecule has 6 heteroatoms. The molecule has 0 atom stereocenters. The van der Waals surface area contributed by atoms with Gasteiger partial charge in [0, 0.05) is 23.5 Å². The van der Waals surface area contributed by atoms with Crippen molar-refractivity contribution < 1.29 is 4.42 Å². The van der Waals surface area contributed by atoms with Crippen LogP contribution in [-0.4, -0.2) is 24.7 Å². The predicted octanol–water partition coefficient (Wildman–Crippen LogP) is 4.14. The molecule has 1 aromatic carbocycles. The molecule has 0 aliphatic carbocycles. The van der Waals surface area contributed by atoms with Crippen LogP contribution in [0.5, 0.6) is 0 Å². The van der Waals surface area contributed by atoms with Crippen molar-refractivity contribution >= 4 is 11.0 Å². The molecule has 0 N–H and O–H groups in total. The van der Waals surface area contributed by atoms with Gasteiger partial charge in [-0.1, -0.05) is 30.3 Å². The van der Waals surface area contributed by atoms with Gasteiger partial charge in [0.2, 0.25) is 0 Å². The highest BCUT2D eigenvalue weighted by molar-refractivity contribution is 5.78. The molecule has 0 fully saturated rings. The normalized spacial score (nSPS) is 11.1. The monoisotopic (exact) mass is 339 g/mol. The lowest BCUT2D eigenvalue weighted by Gasteiger charge is -2.03. The second-order valence-corrected chi connectivity index (χ2v) is 5.79. The quantitative estimate of drug-likeness (QED) is 0.494. The first-order valence-corrected chi connectivity index (χ1v) is 8.15. The van der Waals surface area contributed by atoms with Gasteiger partial charge in [0.25, 0.3) is 5.95 Å². The molecule has 4 heterocycles. The van der Waals surface area contributed by atoms with Crippen LogP contribution >= 0.6 is 0 Å². The van der Waals surface area contributed by atoms with Crippen LogP contribution in [0.15, 0.2) is 83.9 Å². The zero-order valence-electron chi connectivity index (χ0n) is 13.6. The van der Waals surface area contributed by atoms with Crippen LogP contribution in [0.3, 0.4) is 0 Å². The van der Waals surface area contributed by atoms with Gasteiger partial charge in [-0.05, 0) is 24.3 Å². The van der Waals surface area contributed by atoms with E-state index in [1.54, 1.807) is 23.3 Å². The Morgan fingerprint density at radius 2 is 1.73 bits per heavy atom. The summed E-state index contributed by atoms with van der Waals surface area (Å²) in [7, 11) is 0. The number of hydrogen-bond acceptors (Lipinski definition) is 5. The number of nitrogens with zero attached hydrogens (tertiary/aromatic N) is 5. The summed E-state index contributed by atoms with van der Waals surface area (Å²) >= 11 is 0. The first kappa shape index (κ1) is 14.5. The number of pyridine rings is 1. The van der Waals surface area contributed by atoms with E-state index in [-0.39, 0.29) is 0 Å². The molecule has 4 aromatic heterocycles. The zero-order valence-corrected chi connectivity index (χ0v) is 13.6. The zero-order chi connectivity index (χ0) is 17.3. The molecule has 0 aliphatic heterocycles. The average molecular weight is 339 g/mol. The van der Waals surface area contributed by atoms with Crippen molar-refractivity contribution in [1.82, 2.24) is 24.7 Å². The fraction of sp³-hybridized carbons (Fsp3) is 0. The summed E-state index contributed by atoms with van der Waals surface area (Å²) in [6.07, 6.45) is 6.95. The van der Waals surface area contributed by atoms with Gasteiger partial charge in [-0.15, -0.1) is 0 Å². The van der Waals surface area contributed by atoms with E-state index in [1.165, 1.54) is 0 Å². The molecule has 0 amide bonds. The smallest absolute Gasteiger partial charge is 0.251 e. The van der Waals surface area contributed by atoms with Crippen LogP contribution in [-0.2, 0) is 0 Å². The molecule has 6 nitrogen and oxygen atoms in total. The van der Waals surface area contributed by atoms with E-state index < -0.39 is 0 Å². The summed E-state index contributed by atoms with van der Waals surface area (Å²) in [6.45, 7) is 0. The first-order valence-electron chi connectivity index (χ1n) is 8.15. The molecule has 124 valence electrons. The number of furan rings is 1. The van der Waals surface area contributed by atoms with Crippen molar-refractivity contribution in [2.45, 2.75) is 0 Å². The number of fused-ring (bicyclic) bond motifs is 1. The van der Waals surface area contributed by atoms with E-state index >= 15 is 0 Å². The van der Waals surface area contributed by atoms with Gasteiger partial charge in [0.15, 0.2) is 0 Å². The van der Waals surface area contributed by atoms with E-state index in [2.05, 4.69) is 20.1 Å². The van der Waals surface area contributed by atoms with Crippen molar-refractivity contribution in [2.24, 2.45) is 0 Å². The minimum Gasteiger partial charge on any atom is -0.464 e. The van der Waals surface area contributed by atoms with Crippen molar-refractivity contribution in [3.8, 4) is 28.5 Å². The summed E-state index contributed by atoms with van der Waals surface area (Å²) < 4.78 is 7.10. The minimum atomic E-state index is 0.498. The Morgan fingerprint density at radius 3 is 2.58 bits per heavy atom. The molecule has 26 heavy (non-hydrogen) atoms. The Labute approximate surface area is 148 Å². The maximum atomic E-state index is 5.43. The van der Waals surface area contributed by atoms with Gasteiger partial charge in [-0.2, -0.15) is 5.10 Å². The molecule has 0 spiro atoms. The summed E-state index contributed by atoms with van der Waals surface area (Å²) in [5, 5.41) is 4.58. The average Bonchev–Trinajstić information content (AvgIpc) is 3.40. The fourth-order valence-corrected chi connectivity index (χ4v) is 2.79. The number of hydrogen-bond donors (Lipinski definition) is 0. The predicted molar refractivity (Wildman–Crippen MR) is 97.6 cm³/mol. The van der Waals surface area contributed by atoms with E-state index in [0.29, 0.717) is 5.95 Å². The third kappa shape index (κ3) is 2.53. The standard InChI is InChI=1S/C20H13N5O/c1-2-5-14(6-3-1)16-8-9-25(24-16)20-22-13-18-17(23-20)11-15(12-21-18)19-7-4-10-26-19/h1-13H. The minimum absolute atomic E-state index is 0.498. The number of rotatable bonds is 3. The molecule has 0 radical (unpaired) electrons. The molecule has 0 saturated heterocycles. The molecule has 0 saturated carbocycles. The highest BCUT2D eigenvalue weighted by atomic mass is 16.3. The van der Waals surface area contributed by atoms with Crippen molar-refractivity contribution in [2.75, 3.05) is 0 Å².